The molecule has 0 bridgehead atoms. The molecule has 0 aromatic heterocycles. The molecule has 0 amide bonds. The number of aliphatic hydroxyl groups excluding tert-OH is 1. The summed E-state index contributed by atoms with van der Waals surface area (Å²) in [6.07, 6.45) is 3.63. The zero-order chi connectivity index (χ0) is 11.3. The Morgan fingerprint density at radius 2 is 1.80 bits per heavy atom. The molecule has 1 aromatic carbocycles. The van der Waals surface area contributed by atoms with E-state index in [2.05, 4.69) is 43.9 Å². The van der Waals surface area contributed by atoms with Gasteiger partial charge < -0.3 is 5.11 Å². The van der Waals surface area contributed by atoms with Crippen molar-refractivity contribution in [2.75, 3.05) is 0 Å². The summed E-state index contributed by atoms with van der Waals surface area (Å²) in [7, 11) is -0.921. The number of hydrogen-bond acceptors (Lipinski definition) is 1. The largest absolute Gasteiger partial charge is 0.397 e. The second-order valence-corrected chi connectivity index (χ2v) is 7.58. The van der Waals surface area contributed by atoms with Gasteiger partial charge >= 0.3 is 0 Å². The van der Waals surface area contributed by atoms with Crippen LogP contribution in [0.15, 0.2) is 36.9 Å². The molecule has 1 N–H and O–H groups in total. The second kappa shape index (κ2) is 5.88. The Labute approximate surface area is 94.1 Å². The van der Waals surface area contributed by atoms with Crippen molar-refractivity contribution in [1.82, 2.24) is 0 Å². The van der Waals surface area contributed by atoms with E-state index in [0.717, 1.165) is 12.8 Å². The average molecular weight is 220 g/mol. The molecule has 0 saturated heterocycles. The van der Waals surface area contributed by atoms with Crippen LogP contribution in [0.25, 0.3) is 0 Å². The third-order valence-corrected chi connectivity index (χ3v) is 4.39. The summed E-state index contributed by atoms with van der Waals surface area (Å²) in [5, 5.41) is 9.80. The molecule has 1 atom stereocenters. The minimum atomic E-state index is -0.921. The highest BCUT2D eigenvalue weighted by atomic mass is 28.3. The van der Waals surface area contributed by atoms with Crippen LogP contribution >= 0.6 is 0 Å². The summed E-state index contributed by atoms with van der Waals surface area (Å²) in [6, 6.07) is 8.45. The van der Waals surface area contributed by atoms with Gasteiger partial charge in [-0.25, -0.2) is 0 Å². The monoisotopic (exact) mass is 220 g/mol. The zero-order valence-corrected chi connectivity index (χ0v) is 10.8. The van der Waals surface area contributed by atoms with Crippen LogP contribution in [0.1, 0.15) is 11.1 Å². The summed E-state index contributed by atoms with van der Waals surface area (Å²) < 4.78 is 0. The predicted molar refractivity (Wildman–Crippen MR) is 68.9 cm³/mol. The standard InChI is InChI=1S/C13H20OSi/c1-4-5-11-6-8-12(9-7-11)10-13(14)15(2)3/h4,6-9,13-15H,1,5,10H2,2-3H3. The molecule has 15 heavy (non-hydrogen) atoms. The molecule has 0 aliphatic rings. The molecule has 1 unspecified atom stereocenters. The first-order valence-corrected chi connectivity index (χ1v) is 8.48. The van der Waals surface area contributed by atoms with Crippen molar-refractivity contribution in [1.29, 1.82) is 0 Å². The van der Waals surface area contributed by atoms with E-state index in [1.165, 1.54) is 11.1 Å². The third-order valence-electron chi connectivity index (χ3n) is 2.62. The molecule has 1 aromatic rings. The van der Waals surface area contributed by atoms with E-state index in [9.17, 15) is 5.11 Å². The van der Waals surface area contributed by atoms with Gasteiger partial charge in [-0.15, -0.1) is 6.58 Å². The van der Waals surface area contributed by atoms with Gasteiger partial charge in [0, 0.05) is 5.73 Å². The zero-order valence-electron chi connectivity index (χ0n) is 9.61. The smallest absolute Gasteiger partial charge is 0.0656 e. The van der Waals surface area contributed by atoms with Crippen LogP contribution in [0, 0.1) is 0 Å². The lowest BCUT2D eigenvalue weighted by Crippen LogP contribution is -2.26. The van der Waals surface area contributed by atoms with Gasteiger partial charge in [0.2, 0.25) is 0 Å². The first kappa shape index (κ1) is 12.2. The quantitative estimate of drug-likeness (QED) is 0.596. The maximum Gasteiger partial charge on any atom is 0.0656 e. The van der Waals surface area contributed by atoms with Gasteiger partial charge in [0.1, 0.15) is 0 Å². The first-order chi connectivity index (χ1) is 7.13. The van der Waals surface area contributed by atoms with Crippen molar-refractivity contribution >= 4 is 8.80 Å². The minimum Gasteiger partial charge on any atom is -0.397 e. The van der Waals surface area contributed by atoms with Crippen LogP contribution < -0.4 is 0 Å². The van der Waals surface area contributed by atoms with Gasteiger partial charge in [-0.1, -0.05) is 43.4 Å². The van der Waals surface area contributed by atoms with Gasteiger partial charge in [0.25, 0.3) is 0 Å². The summed E-state index contributed by atoms with van der Waals surface area (Å²) in [4.78, 5) is 0. The predicted octanol–water partition coefficient (Wildman–Crippen LogP) is 2.34. The lowest BCUT2D eigenvalue weighted by molar-refractivity contribution is 0.249. The molecule has 0 heterocycles. The van der Waals surface area contributed by atoms with E-state index < -0.39 is 8.80 Å². The van der Waals surface area contributed by atoms with E-state index in [0.29, 0.717) is 0 Å². The van der Waals surface area contributed by atoms with E-state index >= 15 is 0 Å². The van der Waals surface area contributed by atoms with Gasteiger partial charge in [-0.05, 0) is 24.0 Å². The van der Waals surface area contributed by atoms with Crippen molar-refractivity contribution in [2.45, 2.75) is 31.7 Å². The molecular weight excluding hydrogens is 200 g/mol. The Kier molecular flexibility index (Phi) is 4.79. The number of hydrogen-bond donors (Lipinski definition) is 1. The third kappa shape index (κ3) is 4.02. The Morgan fingerprint density at radius 3 is 2.27 bits per heavy atom. The Morgan fingerprint density at radius 1 is 1.27 bits per heavy atom. The fourth-order valence-corrected chi connectivity index (χ4v) is 2.20. The molecule has 0 aliphatic heterocycles. The lowest BCUT2D eigenvalue weighted by atomic mass is 10.1. The number of rotatable bonds is 5. The molecule has 0 spiro atoms. The highest BCUT2D eigenvalue weighted by Crippen LogP contribution is 2.09. The first-order valence-electron chi connectivity index (χ1n) is 5.50. The molecule has 2 heteroatoms. The molecule has 1 rings (SSSR count). The topological polar surface area (TPSA) is 20.2 Å². The van der Waals surface area contributed by atoms with Gasteiger partial charge in [0.15, 0.2) is 0 Å². The van der Waals surface area contributed by atoms with Crippen LogP contribution in [0.4, 0.5) is 0 Å². The molecule has 1 nitrogen and oxygen atoms in total. The number of benzene rings is 1. The van der Waals surface area contributed by atoms with E-state index in [1.807, 2.05) is 6.08 Å². The number of allylic oxidation sites excluding steroid dienone is 1. The maximum atomic E-state index is 9.80. The Hall–Kier alpha value is -0.863. The summed E-state index contributed by atoms with van der Waals surface area (Å²) in [5.41, 5.74) is 2.41. The molecule has 0 saturated carbocycles. The minimum absolute atomic E-state index is 0.102. The maximum absolute atomic E-state index is 9.80. The van der Waals surface area contributed by atoms with E-state index in [1.54, 1.807) is 0 Å². The fraction of sp³-hybridized carbons (Fsp3) is 0.385. The Balaban J connectivity index is 2.60. The highest BCUT2D eigenvalue weighted by Gasteiger charge is 2.10. The van der Waals surface area contributed by atoms with Crippen LogP contribution in [0.3, 0.4) is 0 Å². The summed E-state index contributed by atoms with van der Waals surface area (Å²) in [5.74, 6) is 0. The van der Waals surface area contributed by atoms with Crippen molar-refractivity contribution in [3.05, 3.63) is 48.0 Å². The van der Waals surface area contributed by atoms with Crippen molar-refractivity contribution in [3.63, 3.8) is 0 Å². The van der Waals surface area contributed by atoms with Gasteiger partial charge in [-0.3, -0.25) is 0 Å². The van der Waals surface area contributed by atoms with E-state index in [-0.39, 0.29) is 5.73 Å². The molecule has 0 fully saturated rings. The second-order valence-electron chi connectivity index (χ2n) is 4.32. The van der Waals surface area contributed by atoms with Crippen LogP contribution in [0.5, 0.6) is 0 Å². The normalized spacial score (nSPS) is 12.8. The van der Waals surface area contributed by atoms with E-state index in [4.69, 9.17) is 0 Å². The lowest BCUT2D eigenvalue weighted by Gasteiger charge is -2.13. The van der Waals surface area contributed by atoms with Crippen molar-refractivity contribution in [2.24, 2.45) is 0 Å². The van der Waals surface area contributed by atoms with Crippen LogP contribution in [-0.2, 0) is 12.8 Å². The van der Waals surface area contributed by atoms with Gasteiger partial charge in [0.05, 0.1) is 8.80 Å². The molecule has 0 aliphatic carbocycles. The van der Waals surface area contributed by atoms with Crippen LogP contribution in [-0.4, -0.2) is 19.6 Å². The fourth-order valence-electron chi connectivity index (χ4n) is 1.46. The summed E-state index contributed by atoms with van der Waals surface area (Å²) in [6.45, 7) is 8.07. The molecule has 0 radical (unpaired) electrons. The average Bonchev–Trinajstić information content (AvgIpc) is 2.21. The Bertz CT molecular complexity index is 303. The van der Waals surface area contributed by atoms with Crippen molar-refractivity contribution in [3.8, 4) is 0 Å². The summed E-state index contributed by atoms with van der Waals surface area (Å²) >= 11 is 0. The van der Waals surface area contributed by atoms with Crippen LogP contribution in [0.2, 0.25) is 13.1 Å². The van der Waals surface area contributed by atoms with Crippen molar-refractivity contribution < 1.29 is 5.11 Å². The molecule has 82 valence electrons. The van der Waals surface area contributed by atoms with Gasteiger partial charge in [-0.2, -0.15) is 0 Å². The SMILES string of the molecule is C=CCc1ccc(CC(O)[SiH](C)C)cc1. The highest BCUT2D eigenvalue weighted by molar-refractivity contribution is 6.57. The number of aliphatic hydroxyl groups is 1. The molecular formula is C13H20OSi.